The van der Waals surface area contributed by atoms with E-state index in [2.05, 4.69) is 0 Å². The van der Waals surface area contributed by atoms with E-state index in [4.69, 9.17) is 9.26 Å². The summed E-state index contributed by atoms with van der Waals surface area (Å²) in [7, 11) is -3.95. The van der Waals surface area contributed by atoms with Crippen LogP contribution in [0.15, 0.2) is 60.7 Å². The van der Waals surface area contributed by atoms with Gasteiger partial charge in [0, 0.05) is 0 Å². The number of hydrogen-bond donors (Lipinski definition) is 1. The number of ether oxygens (including phenoxy) is 1. The monoisotopic (exact) mass is 390 g/mol. The molecule has 27 heavy (non-hydrogen) atoms. The molecule has 0 radical (unpaired) electrons. The van der Waals surface area contributed by atoms with Crippen molar-refractivity contribution in [2.45, 2.75) is 44.9 Å². The third-order valence-corrected chi connectivity index (χ3v) is 6.04. The molecule has 2 atom stereocenters. The minimum Gasteiger partial charge on any atom is -0.461 e. The van der Waals surface area contributed by atoms with Crippen LogP contribution in [0.1, 0.15) is 37.3 Å². The molecule has 0 saturated heterocycles. The number of hydrogen-bond acceptors (Lipinski definition) is 4. The van der Waals surface area contributed by atoms with Crippen molar-refractivity contribution in [2.75, 3.05) is 6.61 Å². The molecule has 0 fully saturated rings. The van der Waals surface area contributed by atoms with Gasteiger partial charge in [-0.3, -0.25) is 9.36 Å². The van der Waals surface area contributed by atoms with Crippen LogP contribution in [0.3, 0.4) is 0 Å². The minimum absolute atomic E-state index is 0.143. The largest absolute Gasteiger partial charge is 0.461 e. The lowest BCUT2D eigenvalue weighted by Gasteiger charge is -2.22. The van der Waals surface area contributed by atoms with Crippen LogP contribution in [0.25, 0.3) is 0 Å². The first-order valence-corrected chi connectivity index (χ1v) is 10.9. The van der Waals surface area contributed by atoms with Gasteiger partial charge >= 0.3 is 13.6 Å². The Morgan fingerprint density at radius 3 is 2.22 bits per heavy atom. The standard InChI is InChI=1S/C21H27O5P/c1-2-3-14-26-27(23,24)20(15-18-10-6-4-7-11-18)16-21(22)25-17-19-12-8-5-9-13-19/h4-13,20H,2-3,14-17H2,1H3,(H,23,24)/t20-/m1/s1. The lowest BCUT2D eigenvalue weighted by Crippen LogP contribution is -2.20. The SMILES string of the molecule is CCCCOP(=O)(O)[C@@H](CC(=O)OCc1ccccc1)Cc1ccccc1. The maximum absolute atomic E-state index is 12.7. The van der Waals surface area contributed by atoms with E-state index in [0.29, 0.717) is 6.42 Å². The molecule has 2 aromatic carbocycles. The van der Waals surface area contributed by atoms with E-state index in [1.807, 2.05) is 67.6 Å². The molecular formula is C21H27O5P. The van der Waals surface area contributed by atoms with Crippen LogP contribution in [0.2, 0.25) is 0 Å². The summed E-state index contributed by atoms with van der Waals surface area (Å²) in [5, 5.41) is 0. The van der Waals surface area contributed by atoms with Crippen LogP contribution >= 0.6 is 7.60 Å². The van der Waals surface area contributed by atoms with Crippen LogP contribution in [-0.2, 0) is 31.6 Å². The van der Waals surface area contributed by atoms with Gasteiger partial charge in [0.1, 0.15) is 6.61 Å². The topological polar surface area (TPSA) is 72.8 Å². The molecule has 0 aliphatic heterocycles. The fraction of sp³-hybridized carbons (Fsp3) is 0.381. The first-order chi connectivity index (χ1) is 13.0. The van der Waals surface area contributed by atoms with E-state index in [1.165, 1.54) is 0 Å². The molecule has 6 heteroatoms. The molecule has 0 amide bonds. The normalized spacial score (nSPS) is 14.3. The molecule has 0 aliphatic rings. The lowest BCUT2D eigenvalue weighted by molar-refractivity contribution is -0.145. The fourth-order valence-electron chi connectivity index (χ4n) is 2.62. The number of carbonyl (C=O) groups is 1. The second kappa shape index (κ2) is 11.0. The van der Waals surface area contributed by atoms with E-state index in [-0.39, 0.29) is 26.1 Å². The van der Waals surface area contributed by atoms with Crippen molar-refractivity contribution in [1.82, 2.24) is 0 Å². The number of rotatable bonds is 11. The van der Waals surface area contributed by atoms with Gasteiger partial charge in [0.05, 0.1) is 18.7 Å². The Labute approximate surface area is 160 Å². The molecule has 0 aliphatic carbocycles. The Balaban J connectivity index is 2.01. The van der Waals surface area contributed by atoms with Gasteiger partial charge in [-0.15, -0.1) is 0 Å². The average Bonchev–Trinajstić information content (AvgIpc) is 2.67. The molecular weight excluding hydrogens is 363 g/mol. The molecule has 1 N–H and O–H groups in total. The second-order valence-electron chi connectivity index (χ2n) is 6.44. The van der Waals surface area contributed by atoms with Crippen LogP contribution in [0.4, 0.5) is 0 Å². The van der Waals surface area contributed by atoms with Crippen LogP contribution in [0, 0.1) is 0 Å². The Hall–Kier alpha value is -1.94. The van der Waals surface area contributed by atoms with Gasteiger partial charge in [0.25, 0.3) is 0 Å². The molecule has 2 aromatic rings. The van der Waals surface area contributed by atoms with Crippen molar-refractivity contribution in [3.8, 4) is 0 Å². The highest BCUT2D eigenvalue weighted by molar-refractivity contribution is 7.53. The first kappa shape index (κ1) is 21.4. The number of benzene rings is 2. The van der Waals surface area contributed by atoms with Crippen LogP contribution < -0.4 is 0 Å². The number of unbranched alkanes of at least 4 members (excludes halogenated alkanes) is 1. The van der Waals surface area contributed by atoms with E-state index in [0.717, 1.165) is 17.5 Å². The third kappa shape index (κ3) is 7.67. The Morgan fingerprint density at radius 1 is 1.04 bits per heavy atom. The van der Waals surface area contributed by atoms with E-state index in [1.54, 1.807) is 0 Å². The summed E-state index contributed by atoms with van der Waals surface area (Å²) in [5.41, 5.74) is 0.920. The molecule has 0 spiro atoms. The quantitative estimate of drug-likeness (QED) is 0.341. The van der Waals surface area contributed by atoms with Gasteiger partial charge in [-0.05, 0) is 24.0 Å². The fourth-order valence-corrected chi connectivity index (χ4v) is 4.05. The van der Waals surface area contributed by atoms with Gasteiger partial charge in [0.15, 0.2) is 0 Å². The third-order valence-electron chi connectivity index (χ3n) is 4.19. The van der Waals surface area contributed by atoms with Gasteiger partial charge in [-0.1, -0.05) is 74.0 Å². The zero-order valence-corrected chi connectivity index (χ0v) is 16.5. The Kier molecular flexibility index (Phi) is 8.73. The molecule has 5 nitrogen and oxygen atoms in total. The zero-order valence-electron chi connectivity index (χ0n) is 15.6. The van der Waals surface area contributed by atoms with Gasteiger partial charge in [-0.25, -0.2) is 0 Å². The summed E-state index contributed by atoms with van der Waals surface area (Å²) in [6.07, 6.45) is 1.67. The van der Waals surface area contributed by atoms with Crippen LogP contribution in [0.5, 0.6) is 0 Å². The molecule has 1 unspecified atom stereocenters. The summed E-state index contributed by atoms with van der Waals surface area (Å²) in [4.78, 5) is 22.7. The molecule has 146 valence electrons. The maximum Gasteiger partial charge on any atom is 0.332 e. The van der Waals surface area contributed by atoms with Crippen molar-refractivity contribution in [1.29, 1.82) is 0 Å². The van der Waals surface area contributed by atoms with Crippen molar-refractivity contribution < 1.29 is 23.5 Å². The van der Waals surface area contributed by atoms with Crippen molar-refractivity contribution in [3.05, 3.63) is 71.8 Å². The van der Waals surface area contributed by atoms with E-state index >= 15 is 0 Å². The predicted octanol–water partition coefficient (Wildman–Crippen LogP) is 4.73. The maximum atomic E-state index is 12.7. The minimum atomic E-state index is -3.95. The second-order valence-corrected chi connectivity index (χ2v) is 8.56. The summed E-state index contributed by atoms with van der Waals surface area (Å²) < 4.78 is 23.3. The predicted molar refractivity (Wildman–Crippen MR) is 105 cm³/mol. The van der Waals surface area contributed by atoms with Crippen molar-refractivity contribution >= 4 is 13.6 Å². The Morgan fingerprint density at radius 2 is 1.63 bits per heavy atom. The summed E-state index contributed by atoms with van der Waals surface area (Å²) >= 11 is 0. The highest BCUT2D eigenvalue weighted by atomic mass is 31.2. The molecule has 0 saturated carbocycles. The van der Waals surface area contributed by atoms with Crippen LogP contribution in [-0.4, -0.2) is 23.1 Å². The summed E-state index contributed by atoms with van der Waals surface area (Å²) in [6, 6.07) is 18.7. The lowest BCUT2D eigenvalue weighted by atomic mass is 10.1. The molecule has 0 heterocycles. The van der Waals surface area contributed by atoms with E-state index in [9.17, 15) is 14.3 Å². The first-order valence-electron chi connectivity index (χ1n) is 9.21. The number of carbonyl (C=O) groups excluding carboxylic acids is 1. The van der Waals surface area contributed by atoms with E-state index < -0.39 is 19.2 Å². The van der Waals surface area contributed by atoms with Gasteiger partial charge < -0.3 is 14.2 Å². The van der Waals surface area contributed by atoms with Crippen molar-refractivity contribution in [2.24, 2.45) is 0 Å². The highest BCUT2D eigenvalue weighted by Crippen LogP contribution is 2.50. The van der Waals surface area contributed by atoms with Gasteiger partial charge in [-0.2, -0.15) is 0 Å². The molecule has 2 rings (SSSR count). The molecule has 0 aromatic heterocycles. The van der Waals surface area contributed by atoms with Crippen molar-refractivity contribution in [3.63, 3.8) is 0 Å². The zero-order chi connectivity index (χ0) is 19.5. The highest BCUT2D eigenvalue weighted by Gasteiger charge is 2.34. The smallest absolute Gasteiger partial charge is 0.332 e. The Bertz CT molecular complexity index is 733. The number of esters is 1. The molecule has 0 bridgehead atoms. The van der Waals surface area contributed by atoms with Gasteiger partial charge in [0.2, 0.25) is 0 Å². The summed E-state index contributed by atoms with van der Waals surface area (Å²) in [6.45, 7) is 2.33. The summed E-state index contributed by atoms with van der Waals surface area (Å²) in [5.74, 6) is -0.506. The average molecular weight is 390 g/mol.